The first kappa shape index (κ1) is 15.1. The lowest BCUT2D eigenvalue weighted by atomic mass is 10.2. The van der Waals surface area contributed by atoms with Crippen LogP contribution < -0.4 is 0 Å². The first-order valence-corrected chi connectivity index (χ1v) is 6.75. The maximum Gasteiger partial charge on any atom is 0.417 e. The van der Waals surface area contributed by atoms with Gasteiger partial charge in [-0.3, -0.25) is 0 Å². The van der Waals surface area contributed by atoms with Crippen LogP contribution >= 0.6 is 23.2 Å². The Morgan fingerprint density at radius 3 is 2.55 bits per heavy atom. The minimum Gasteiger partial charge on any atom is -0.310 e. The number of hydrogen-bond donors (Lipinski definition) is 0. The van der Waals surface area contributed by atoms with E-state index in [1.165, 1.54) is 10.6 Å². The first-order chi connectivity index (χ1) is 10.3. The number of hydrogen-bond acceptors (Lipinski definition) is 3. The maximum absolute atomic E-state index is 12.7. The fourth-order valence-electron chi connectivity index (χ4n) is 2.02. The smallest absolute Gasteiger partial charge is 0.310 e. The second-order valence-electron chi connectivity index (χ2n) is 4.52. The number of imidazole rings is 1. The van der Waals surface area contributed by atoms with Crippen molar-refractivity contribution < 1.29 is 13.2 Å². The van der Waals surface area contributed by atoms with Crippen molar-refractivity contribution in [3.8, 4) is 11.5 Å². The molecule has 0 aromatic carbocycles. The highest BCUT2D eigenvalue weighted by atomic mass is 35.5. The Bertz CT molecular complexity index is 874. The highest BCUT2D eigenvalue weighted by Crippen LogP contribution is 2.32. The highest BCUT2D eigenvalue weighted by Gasteiger charge is 2.31. The van der Waals surface area contributed by atoms with Crippen LogP contribution in [0, 0.1) is 0 Å². The summed E-state index contributed by atoms with van der Waals surface area (Å²) in [6, 6.07) is 3.99. The van der Waals surface area contributed by atoms with E-state index in [0.29, 0.717) is 10.7 Å². The lowest BCUT2D eigenvalue weighted by Crippen LogP contribution is -2.05. The standard InChI is InChI=1S/C13H7Cl2F3N4/c1-22-11-8(4-6(5-19-11)13(16,17)18)20-12(22)10-7(14)2-3-9(15)21-10/h2-5H,1H3. The van der Waals surface area contributed by atoms with Crippen LogP contribution in [0.4, 0.5) is 13.2 Å². The third-order valence-electron chi connectivity index (χ3n) is 3.06. The number of halogens is 5. The molecule has 0 saturated carbocycles. The van der Waals surface area contributed by atoms with Gasteiger partial charge in [0.05, 0.1) is 10.6 Å². The number of rotatable bonds is 1. The molecule has 3 aromatic heterocycles. The molecule has 0 atom stereocenters. The van der Waals surface area contributed by atoms with Gasteiger partial charge in [0, 0.05) is 13.2 Å². The molecule has 0 spiro atoms. The van der Waals surface area contributed by atoms with Crippen molar-refractivity contribution in [2.24, 2.45) is 7.05 Å². The van der Waals surface area contributed by atoms with Crippen molar-refractivity contribution in [1.29, 1.82) is 0 Å². The van der Waals surface area contributed by atoms with E-state index in [9.17, 15) is 13.2 Å². The number of alkyl halides is 3. The van der Waals surface area contributed by atoms with E-state index in [-0.39, 0.29) is 22.2 Å². The van der Waals surface area contributed by atoms with Gasteiger partial charge in [0.15, 0.2) is 11.5 Å². The molecule has 0 radical (unpaired) electrons. The molecular weight excluding hydrogens is 340 g/mol. The summed E-state index contributed by atoms with van der Waals surface area (Å²) < 4.78 is 39.7. The van der Waals surface area contributed by atoms with Crippen LogP contribution in [0.2, 0.25) is 10.2 Å². The van der Waals surface area contributed by atoms with Crippen LogP contribution in [-0.2, 0) is 13.2 Å². The summed E-state index contributed by atoms with van der Waals surface area (Å²) in [5, 5.41) is 0.495. The predicted molar refractivity (Wildman–Crippen MR) is 76.8 cm³/mol. The molecule has 0 saturated heterocycles. The molecular formula is C13H7Cl2F3N4. The van der Waals surface area contributed by atoms with Crippen molar-refractivity contribution in [2.45, 2.75) is 6.18 Å². The Hall–Kier alpha value is -1.86. The molecule has 0 aliphatic carbocycles. The SMILES string of the molecule is Cn1c(-c2nc(Cl)ccc2Cl)nc2cc(C(F)(F)F)cnc21. The zero-order valence-corrected chi connectivity index (χ0v) is 12.5. The van der Waals surface area contributed by atoms with Gasteiger partial charge in [0.25, 0.3) is 0 Å². The topological polar surface area (TPSA) is 43.6 Å². The molecule has 3 rings (SSSR count). The minimum absolute atomic E-state index is 0.102. The summed E-state index contributed by atoms with van der Waals surface area (Å²) in [6.45, 7) is 0. The molecule has 22 heavy (non-hydrogen) atoms. The van der Waals surface area contributed by atoms with E-state index in [2.05, 4.69) is 15.0 Å². The molecule has 0 aliphatic rings. The lowest BCUT2D eigenvalue weighted by molar-refractivity contribution is -0.137. The summed E-state index contributed by atoms with van der Waals surface area (Å²) >= 11 is 11.9. The van der Waals surface area contributed by atoms with Crippen LogP contribution in [0.15, 0.2) is 24.4 Å². The van der Waals surface area contributed by atoms with Gasteiger partial charge in [-0.1, -0.05) is 23.2 Å². The summed E-state index contributed by atoms with van der Waals surface area (Å²) in [7, 11) is 1.61. The van der Waals surface area contributed by atoms with Crippen molar-refractivity contribution in [3.05, 3.63) is 40.1 Å². The number of aromatic nitrogens is 4. The van der Waals surface area contributed by atoms with Crippen molar-refractivity contribution in [1.82, 2.24) is 19.5 Å². The fourth-order valence-corrected chi connectivity index (χ4v) is 2.36. The quantitative estimate of drug-likeness (QED) is 0.615. The third kappa shape index (κ3) is 2.50. The predicted octanol–water partition coefficient (Wildman–Crippen LogP) is 4.36. The van der Waals surface area contributed by atoms with Crippen LogP contribution in [-0.4, -0.2) is 19.5 Å². The van der Waals surface area contributed by atoms with E-state index < -0.39 is 11.7 Å². The van der Waals surface area contributed by atoms with Gasteiger partial charge in [-0.2, -0.15) is 13.2 Å². The van der Waals surface area contributed by atoms with Crippen LogP contribution in [0.5, 0.6) is 0 Å². The fraction of sp³-hybridized carbons (Fsp3) is 0.154. The zero-order chi connectivity index (χ0) is 16.1. The summed E-state index contributed by atoms with van der Waals surface area (Å²) in [6.07, 6.45) is -3.72. The molecule has 0 aliphatic heterocycles. The van der Waals surface area contributed by atoms with Crippen LogP contribution in [0.25, 0.3) is 22.7 Å². The van der Waals surface area contributed by atoms with E-state index >= 15 is 0 Å². The van der Waals surface area contributed by atoms with Crippen LogP contribution in [0.3, 0.4) is 0 Å². The van der Waals surface area contributed by atoms with Gasteiger partial charge in [0.2, 0.25) is 0 Å². The highest BCUT2D eigenvalue weighted by molar-refractivity contribution is 6.34. The Morgan fingerprint density at radius 1 is 1.14 bits per heavy atom. The molecule has 9 heteroatoms. The summed E-state index contributed by atoms with van der Waals surface area (Å²) in [5.41, 5.74) is -0.191. The number of nitrogens with zero attached hydrogens (tertiary/aromatic N) is 4. The molecule has 0 fully saturated rings. The number of pyridine rings is 2. The molecule has 0 amide bonds. The molecule has 0 unspecified atom stereocenters. The van der Waals surface area contributed by atoms with Crippen molar-refractivity contribution in [3.63, 3.8) is 0 Å². The maximum atomic E-state index is 12.7. The van der Waals surface area contributed by atoms with E-state index in [1.807, 2.05) is 0 Å². The largest absolute Gasteiger partial charge is 0.417 e. The molecule has 4 nitrogen and oxygen atoms in total. The molecule has 3 heterocycles. The van der Waals surface area contributed by atoms with Gasteiger partial charge < -0.3 is 4.57 Å². The molecule has 3 aromatic rings. The first-order valence-electron chi connectivity index (χ1n) is 5.99. The van der Waals surface area contributed by atoms with Gasteiger partial charge in [0.1, 0.15) is 16.4 Å². The molecule has 114 valence electrons. The molecule has 0 bridgehead atoms. The Balaban J connectivity index is 2.24. The Labute approximate surface area is 132 Å². The average Bonchev–Trinajstić information content (AvgIpc) is 2.77. The monoisotopic (exact) mass is 346 g/mol. The zero-order valence-electron chi connectivity index (χ0n) is 11.0. The Kier molecular flexibility index (Phi) is 3.49. The second-order valence-corrected chi connectivity index (χ2v) is 5.32. The Morgan fingerprint density at radius 2 is 1.86 bits per heavy atom. The van der Waals surface area contributed by atoms with Crippen LogP contribution in [0.1, 0.15) is 5.56 Å². The van der Waals surface area contributed by atoms with Crippen molar-refractivity contribution >= 4 is 34.4 Å². The van der Waals surface area contributed by atoms with E-state index in [4.69, 9.17) is 23.2 Å². The normalized spacial score (nSPS) is 12.1. The number of aryl methyl sites for hydroxylation is 1. The average molecular weight is 347 g/mol. The van der Waals surface area contributed by atoms with Gasteiger partial charge >= 0.3 is 6.18 Å². The van der Waals surface area contributed by atoms with Gasteiger partial charge in [-0.15, -0.1) is 0 Å². The van der Waals surface area contributed by atoms with Gasteiger partial charge in [-0.05, 0) is 18.2 Å². The second kappa shape index (κ2) is 5.10. The van der Waals surface area contributed by atoms with E-state index in [1.54, 1.807) is 13.1 Å². The summed E-state index contributed by atoms with van der Waals surface area (Å²) in [4.78, 5) is 12.0. The summed E-state index contributed by atoms with van der Waals surface area (Å²) in [5.74, 6) is 0.286. The van der Waals surface area contributed by atoms with E-state index in [0.717, 1.165) is 12.3 Å². The number of fused-ring (bicyclic) bond motifs is 1. The minimum atomic E-state index is -4.48. The molecule has 0 N–H and O–H groups in total. The third-order valence-corrected chi connectivity index (χ3v) is 3.58. The lowest BCUT2D eigenvalue weighted by Gasteiger charge is -2.05. The van der Waals surface area contributed by atoms with Crippen molar-refractivity contribution in [2.75, 3.05) is 0 Å². The van der Waals surface area contributed by atoms with Gasteiger partial charge in [-0.25, -0.2) is 15.0 Å².